The van der Waals surface area contributed by atoms with Crippen LogP contribution in [0.1, 0.15) is 24.8 Å². The first-order chi connectivity index (χ1) is 10.9. The Morgan fingerprint density at radius 1 is 1.35 bits per heavy atom. The van der Waals surface area contributed by atoms with E-state index in [1.54, 1.807) is 19.1 Å². The molecule has 2 aromatic rings. The summed E-state index contributed by atoms with van der Waals surface area (Å²) < 4.78 is 29.1. The van der Waals surface area contributed by atoms with Gasteiger partial charge in [-0.3, -0.25) is 4.79 Å². The monoisotopic (exact) mass is 372 g/mol. The molecule has 1 aromatic heterocycles. The van der Waals surface area contributed by atoms with Gasteiger partial charge in [0.1, 0.15) is 10.3 Å². The molecule has 1 aromatic carbocycles. The predicted molar refractivity (Wildman–Crippen MR) is 92.5 cm³/mol. The van der Waals surface area contributed by atoms with E-state index in [1.807, 2.05) is 6.07 Å². The molecule has 1 saturated heterocycles. The standard InChI is InChI=1S/C15H17ClN2O3S2/c1-9-11-8-10(16)5-6-13(11)22-15(9)23(20,21)18-12-4-2-3-7-17-14(12)19/h5-6,8,12,18H,2-4,7H2,1H3,(H,17,19)/t12-/m0/s1. The van der Waals surface area contributed by atoms with Crippen LogP contribution in [0.3, 0.4) is 0 Å². The van der Waals surface area contributed by atoms with Crippen LogP contribution in [-0.4, -0.2) is 26.9 Å². The zero-order valence-electron chi connectivity index (χ0n) is 12.6. The van der Waals surface area contributed by atoms with E-state index in [4.69, 9.17) is 11.6 Å². The highest BCUT2D eigenvalue weighted by Gasteiger charge is 2.29. The molecule has 8 heteroatoms. The molecule has 0 radical (unpaired) electrons. The first-order valence-electron chi connectivity index (χ1n) is 7.37. The van der Waals surface area contributed by atoms with Gasteiger partial charge in [0.2, 0.25) is 5.91 Å². The van der Waals surface area contributed by atoms with Gasteiger partial charge in [-0.15, -0.1) is 11.3 Å². The number of rotatable bonds is 3. The summed E-state index contributed by atoms with van der Waals surface area (Å²) in [5, 5.41) is 4.13. The third-order valence-corrected chi connectivity index (χ3v) is 7.53. The molecule has 1 fully saturated rings. The van der Waals surface area contributed by atoms with Gasteiger partial charge in [0.25, 0.3) is 10.0 Å². The highest BCUT2D eigenvalue weighted by molar-refractivity contribution is 7.91. The molecule has 0 unspecified atom stereocenters. The molecule has 3 rings (SSSR count). The van der Waals surface area contributed by atoms with Gasteiger partial charge in [-0.25, -0.2) is 8.42 Å². The Bertz CT molecular complexity index is 861. The molecule has 0 spiro atoms. The van der Waals surface area contributed by atoms with Crippen LogP contribution in [0, 0.1) is 6.92 Å². The highest BCUT2D eigenvalue weighted by Crippen LogP contribution is 2.35. The van der Waals surface area contributed by atoms with Gasteiger partial charge in [0, 0.05) is 16.3 Å². The number of carbonyl (C=O) groups is 1. The zero-order valence-corrected chi connectivity index (χ0v) is 14.9. The molecule has 0 bridgehead atoms. The van der Waals surface area contributed by atoms with E-state index in [1.165, 1.54) is 11.3 Å². The molecule has 0 saturated carbocycles. The number of benzene rings is 1. The maximum absolute atomic E-state index is 12.7. The lowest BCUT2D eigenvalue weighted by atomic mass is 10.1. The fourth-order valence-electron chi connectivity index (χ4n) is 2.72. The van der Waals surface area contributed by atoms with Crippen molar-refractivity contribution in [1.29, 1.82) is 0 Å². The maximum Gasteiger partial charge on any atom is 0.251 e. The van der Waals surface area contributed by atoms with Crippen LogP contribution in [0.15, 0.2) is 22.4 Å². The van der Waals surface area contributed by atoms with E-state index in [9.17, 15) is 13.2 Å². The Morgan fingerprint density at radius 2 is 2.13 bits per heavy atom. The lowest BCUT2D eigenvalue weighted by molar-refractivity contribution is -0.122. The van der Waals surface area contributed by atoms with Crippen molar-refractivity contribution in [2.45, 2.75) is 36.4 Å². The van der Waals surface area contributed by atoms with Gasteiger partial charge in [-0.05, 0) is 55.3 Å². The summed E-state index contributed by atoms with van der Waals surface area (Å²) in [6.07, 6.45) is 2.19. The van der Waals surface area contributed by atoms with E-state index in [2.05, 4.69) is 10.0 Å². The Kier molecular flexibility index (Phi) is 4.64. The normalized spacial score (nSPS) is 19.6. The molecule has 23 heavy (non-hydrogen) atoms. The van der Waals surface area contributed by atoms with Crippen molar-refractivity contribution in [3.63, 3.8) is 0 Å². The number of carbonyl (C=O) groups excluding carboxylic acids is 1. The van der Waals surface area contributed by atoms with Crippen molar-refractivity contribution in [1.82, 2.24) is 10.0 Å². The van der Waals surface area contributed by atoms with E-state index in [0.29, 0.717) is 23.6 Å². The van der Waals surface area contributed by atoms with E-state index in [0.717, 1.165) is 22.9 Å². The molecule has 124 valence electrons. The lowest BCUT2D eigenvalue weighted by Gasteiger charge is -2.15. The summed E-state index contributed by atoms with van der Waals surface area (Å²) in [6.45, 7) is 2.36. The van der Waals surface area contributed by atoms with Crippen molar-refractivity contribution in [2.75, 3.05) is 6.54 Å². The summed E-state index contributed by atoms with van der Waals surface area (Å²) in [6, 6.07) is 4.60. The summed E-state index contributed by atoms with van der Waals surface area (Å²) >= 11 is 7.19. The van der Waals surface area contributed by atoms with E-state index < -0.39 is 16.1 Å². The lowest BCUT2D eigenvalue weighted by Crippen LogP contribution is -2.45. The maximum atomic E-state index is 12.7. The second kappa shape index (κ2) is 6.39. The highest BCUT2D eigenvalue weighted by atomic mass is 35.5. The van der Waals surface area contributed by atoms with E-state index in [-0.39, 0.29) is 10.1 Å². The van der Waals surface area contributed by atoms with E-state index >= 15 is 0 Å². The van der Waals surface area contributed by atoms with Crippen molar-refractivity contribution < 1.29 is 13.2 Å². The molecular weight excluding hydrogens is 356 g/mol. The van der Waals surface area contributed by atoms with Crippen LogP contribution in [0.5, 0.6) is 0 Å². The Labute approximate surface area is 144 Å². The molecule has 1 aliphatic rings. The first-order valence-corrected chi connectivity index (χ1v) is 10.0. The topological polar surface area (TPSA) is 75.3 Å². The quantitative estimate of drug-likeness (QED) is 0.869. The number of fused-ring (bicyclic) bond motifs is 1. The number of hydrogen-bond donors (Lipinski definition) is 2. The smallest absolute Gasteiger partial charge is 0.251 e. The molecule has 1 amide bonds. The summed E-state index contributed by atoms with van der Waals surface area (Å²) in [7, 11) is -3.75. The van der Waals surface area contributed by atoms with Crippen LogP contribution in [-0.2, 0) is 14.8 Å². The Hall–Kier alpha value is -1.15. The van der Waals surface area contributed by atoms with Gasteiger partial charge in [0.15, 0.2) is 0 Å². The fourth-order valence-corrected chi connectivity index (χ4v) is 5.88. The molecule has 1 aliphatic heterocycles. The number of halogens is 1. The molecule has 5 nitrogen and oxygen atoms in total. The predicted octanol–water partition coefficient (Wildman–Crippen LogP) is 2.81. The second-order valence-electron chi connectivity index (χ2n) is 5.62. The number of nitrogens with one attached hydrogen (secondary N) is 2. The van der Waals surface area contributed by atoms with Crippen LogP contribution in [0.4, 0.5) is 0 Å². The second-order valence-corrected chi connectivity index (χ2v) is 9.01. The third-order valence-electron chi connectivity index (χ3n) is 3.93. The van der Waals surface area contributed by atoms with Crippen LogP contribution >= 0.6 is 22.9 Å². The summed E-state index contributed by atoms with van der Waals surface area (Å²) in [4.78, 5) is 12.0. The minimum absolute atomic E-state index is 0.242. The van der Waals surface area contributed by atoms with Gasteiger partial charge < -0.3 is 5.32 Å². The Balaban J connectivity index is 1.96. The van der Waals surface area contributed by atoms with Crippen LogP contribution in [0.2, 0.25) is 5.02 Å². The number of thiophene rings is 1. The number of sulfonamides is 1. The molecule has 2 heterocycles. The van der Waals surface area contributed by atoms with Gasteiger partial charge >= 0.3 is 0 Å². The van der Waals surface area contributed by atoms with Crippen molar-refractivity contribution >= 4 is 49.0 Å². The largest absolute Gasteiger partial charge is 0.355 e. The van der Waals surface area contributed by atoms with Crippen molar-refractivity contribution in [2.24, 2.45) is 0 Å². The third kappa shape index (κ3) is 3.38. The molecule has 2 N–H and O–H groups in total. The minimum Gasteiger partial charge on any atom is -0.355 e. The van der Waals surface area contributed by atoms with Crippen molar-refractivity contribution in [3.05, 3.63) is 28.8 Å². The fraction of sp³-hybridized carbons (Fsp3) is 0.400. The average Bonchev–Trinajstić information content (AvgIpc) is 2.69. The number of hydrogen-bond acceptors (Lipinski definition) is 4. The minimum atomic E-state index is -3.75. The molecular formula is C15H17ClN2O3S2. The zero-order chi connectivity index (χ0) is 16.6. The Morgan fingerprint density at radius 3 is 2.91 bits per heavy atom. The van der Waals surface area contributed by atoms with Gasteiger partial charge in [-0.1, -0.05) is 11.6 Å². The first kappa shape index (κ1) is 16.7. The number of amides is 1. The average molecular weight is 373 g/mol. The number of aryl methyl sites for hydroxylation is 1. The molecule has 1 atom stereocenters. The van der Waals surface area contributed by atoms with Crippen molar-refractivity contribution in [3.8, 4) is 0 Å². The van der Waals surface area contributed by atoms with Gasteiger partial charge in [-0.2, -0.15) is 4.72 Å². The SMILES string of the molecule is Cc1c(S(=O)(=O)N[C@H]2CCCCNC2=O)sc2ccc(Cl)cc12. The summed E-state index contributed by atoms with van der Waals surface area (Å²) in [5.74, 6) is -0.257. The summed E-state index contributed by atoms with van der Waals surface area (Å²) in [5.41, 5.74) is 0.661. The van der Waals surface area contributed by atoms with Crippen LogP contribution < -0.4 is 10.0 Å². The van der Waals surface area contributed by atoms with Gasteiger partial charge in [0.05, 0.1) is 0 Å². The van der Waals surface area contributed by atoms with Crippen LogP contribution in [0.25, 0.3) is 10.1 Å². The molecule has 0 aliphatic carbocycles.